The van der Waals surface area contributed by atoms with Gasteiger partial charge in [0, 0.05) is 26.9 Å². The van der Waals surface area contributed by atoms with E-state index in [9.17, 15) is 58.1 Å². The molecular weight excluding hydrogens is 685 g/mol. The summed E-state index contributed by atoms with van der Waals surface area (Å²) in [5.74, 6) is -1.77. The molecule has 0 bridgehead atoms. The van der Waals surface area contributed by atoms with Gasteiger partial charge in [-0.1, -0.05) is 24.3 Å². The first-order valence-corrected chi connectivity index (χ1v) is 17.0. The van der Waals surface area contributed by atoms with Crippen LogP contribution in [0.4, 0.5) is 0 Å². The lowest BCUT2D eigenvalue weighted by Crippen LogP contribution is -2.21. The minimum absolute atomic E-state index is 0.00744. The van der Waals surface area contributed by atoms with Crippen molar-refractivity contribution in [3.05, 3.63) is 95.5 Å². The lowest BCUT2D eigenvalue weighted by molar-refractivity contribution is 0.381. The number of hydrogen-bond acceptors (Lipinski definition) is 13. The molecule has 47 heavy (non-hydrogen) atoms. The van der Waals surface area contributed by atoms with Crippen LogP contribution >= 0.6 is 0 Å². The number of benzene rings is 6. The van der Waals surface area contributed by atoms with Crippen LogP contribution in [-0.2, 0) is 30.6 Å². The largest absolute Gasteiger partial charge is 0.446 e. The number of hydrogen-bond donors (Lipinski definition) is 3. The average molecular weight is 697 g/mol. The van der Waals surface area contributed by atoms with E-state index < -0.39 is 89.4 Å². The fourth-order valence-electron chi connectivity index (χ4n) is 5.72. The molecule has 0 unspecified atom stereocenters. The second-order valence-corrected chi connectivity index (χ2v) is 14.0. The van der Waals surface area contributed by atoms with Gasteiger partial charge in [-0.05, 0) is 30.3 Å². The molecule has 6 aromatic carbocycles. The predicted octanol–water partition coefficient (Wildman–Crippen LogP) is 1.39. The van der Waals surface area contributed by atoms with E-state index in [4.69, 9.17) is 0 Å². The smallest absolute Gasteiger partial charge is 0.359 e. The topological polar surface area (TPSA) is 266 Å². The molecule has 7 aromatic rings. The minimum Gasteiger partial charge on any atom is -0.359 e. The Morgan fingerprint density at radius 2 is 1.00 bits per heavy atom. The van der Waals surface area contributed by atoms with Crippen molar-refractivity contribution < 1.29 is 43.1 Å². The van der Waals surface area contributed by atoms with Crippen molar-refractivity contribution in [1.82, 2.24) is 9.97 Å². The third-order valence-electron chi connectivity index (χ3n) is 7.54. The van der Waals surface area contributed by atoms with Crippen LogP contribution in [0.15, 0.2) is 83.6 Å². The summed E-state index contributed by atoms with van der Waals surface area (Å²) in [6.45, 7) is 0. The summed E-state index contributed by atoms with van der Waals surface area (Å²) < 4.78 is 105. The molecule has 236 valence electrons. The van der Waals surface area contributed by atoms with Gasteiger partial charge in [0.25, 0.3) is 20.2 Å². The molecule has 1 aromatic heterocycles. The van der Waals surface area contributed by atoms with Gasteiger partial charge in [0.15, 0.2) is 32.4 Å². The average Bonchev–Trinajstić information content (AvgIpc) is 2.98. The number of aromatic nitrogens is 2. The Labute approximate surface area is 259 Å². The van der Waals surface area contributed by atoms with E-state index in [-0.39, 0.29) is 49.7 Å². The molecule has 0 aliphatic rings. The predicted molar refractivity (Wildman–Crippen MR) is 166 cm³/mol. The van der Waals surface area contributed by atoms with Gasteiger partial charge in [0.2, 0.25) is 0 Å². The molecule has 16 nitrogen and oxygen atoms in total. The summed E-state index contributed by atoms with van der Waals surface area (Å²) in [6.07, 6.45) is 0. The highest BCUT2D eigenvalue weighted by atomic mass is 32.3. The van der Waals surface area contributed by atoms with Crippen molar-refractivity contribution in [3.63, 3.8) is 0 Å². The van der Waals surface area contributed by atoms with E-state index in [1.807, 2.05) is 0 Å². The molecule has 0 saturated heterocycles. The zero-order valence-corrected chi connectivity index (χ0v) is 25.1. The van der Waals surface area contributed by atoms with E-state index in [1.54, 1.807) is 12.1 Å². The quantitative estimate of drug-likeness (QED) is 0.133. The lowest BCUT2D eigenvalue weighted by Gasteiger charge is -2.14. The lowest BCUT2D eigenvalue weighted by atomic mass is 9.99. The van der Waals surface area contributed by atoms with Crippen molar-refractivity contribution in [1.29, 1.82) is 0 Å². The molecule has 3 N–H and O–H groups in total. The monoisotopic (exact) mass is 696 g/mol. The molecule has 0 amide bonds. The number of nitrogens with zero attached hydrogens (tertiary/aromatic N) is 2. The van der Waals surface area contributed by atoms with Gasteiger partial charge in [-0.3, -0.25) is 32.8 Å². The van der Waals surface area contributed by atoms with Crippen LogP contribution in [0.2, 0.25) is 0 Å². The fourth-order valence-corrected chi connectivity index (χ4v) is 8.06. The van der Waals surface area contributed by atoms with Gasteiger partial charge in [-0.2, -0.15) is 25.3 Å². The van der Waals surface area contributed by atoms with E-state index in [0.29, 0.717) is 0 Å². The standard InChI is InChI=1S/C28H12N2O14S3/c31-23-10-3-1-2-4-11(10)24(32)18-12(23)5-7-15-21(18)29-16-8-6-13-19(22(16)30-15)26(34)14-9-17(45(35,36)37)28(46(38,39)40)27(20(14)25(13)33)44-47(41,42)43/h1-9H,(H,35,36,37)(H,38,39,40)(H,41,42,43). The van der Waals surface area contributed by atoms with Gasteiger partial charge >= 0.3 is 10.4 Å². The van der Waals surface area contributed by atoms with Crippen LogP contribution in [0.1, 0.15) is 0 Å². The molecule has 0 saturated carbocycles. The molecule has 0 radical (unpaired) electrons. The second-order valence-electron chi connectivity index (χ2n) is 10.2. The highest BCUT2D eigenvalue weighted by Crippen LogP contribution is 2.38. The Hall–Kier alpha value is -5.31. The normalized spacial score (nSPS) is 13.0. The molecule has 0 aliphatic heterocycles. The maximum absolute atomic E-state index is 14.0. The van der Waals surface area contributed by atoms with Gasteiger partial charge in [-0.15, -0.1) is 0 Å². The summed E-state index contributed by atoms with van der Waals surface area (Å²) in [5.41, 5.74) is -3.97. The van der Waals surface area contributed by atoms with Crippen molar-refractivity contribution in [2.75, 3.05) is 0 Å². The van der Waals surface area contributed by atoms with Crippen LogP contribution < -0.4 is 25.9 Å². The van der Waals surface area contributed by atoms with Gasteiger partial charge in [0.05, 0.1) is 27.2 Å². The van der Waals surface area contributed by atoms with Gasteiger partial charge < -0.3 is 4.18 Å². The highest BCUT2D eigenvalue weighted by molar-refractivity contribution is 7.89. The minimum atomic E-state index is -5.84. The Bertz CT molecular complexity index is 3210. The van der Waals surface area contributed by atoms with Crippen molar-refractivity contribution in [3.8, 4) is 5.75 Å². The zero-order chi connectivity index (χ0) is 34.0. The molecule has 19 heteroatoms. The third kappa shape index (κ3) is 4.47. The van der Waals surface area contributed by atoms with E-state index in [0.717, 1.165) is 6.07 Å². The number of fused-ring (bicyclic) bond motifs is 8. The van der Waals surface area contributed by atoms with E-state index >= 15 is 0 Å². The summed E-state index contributed by atoms with van der Waals surface area (Å²) >= 11 is 0. The van der Waals surface area contributed by atoms with Crippen molar-refractivity contribution in [2.45, 2.75) is 9.79 Å². The summed E-state index contributed by atoms with van der Waals surface area (Å²) in [5, 5.41) is -2.97. The first-order chi connectivity index (χ1) is 21.9. The van der Waals surface area contributed by atoms with Crippen LogP contribution in [-0.4, -0.2) is 48.9 Å². The van der Waals surface area contributed by atoms with Crippen molar-refractivity contribution >= 4 is 95.8 Å². The maximum atomic E-state index is 14.0. The van der Waals surface area contributed by atoms with Crippen molar-refractivity contribution in [2.24, 2.45) is 0 Å². The third-order valence-corrected chi connectivity index (χ3v) is 9.84. The fraction of sp³-hybridized carbons (Fsp3) is 0. The van der Waals surface area contributed by atoms with Gasteiger partial charge in [-0.25, -0.2) is 9.97 Å². The maximum Gasteiger partial charge on any atom is 0.446 e. The molecule has 7 rings (SSSR count). The first kappa shape index (κ1) is 30.3. The van der Waals surface area contributed by atoms with Crippen LogP contribution in [0.3, 0.4) is 0 Å². The van der Waals surface area contributed by atoms with Crippen LogP contribution in [0, 0.1) is 0 Å². The Balaban J connectivity index is 1.70. The molecule has 0 spiro atoms. The Morgan fingerprint density at radius 3 is 1.49 bits per heavy atom. The zero-order valence-electron chi connectivity index (χ0n) is 22.6. The summed E-state index contributed by atoms with van der Waals surface area (Å²) in [7, 11) is -17.3. The Morgan fingerprint density at radius 1 is 0.532 bits per heavy atom. The van der Waals surface area contributed by atoms with E-state index in [1.165, 1.54) is 30.3 Å². The summed E-state index contributed by atoms with van der Waals surface area (Å²) in [6, 6.07) is 11.2. The van der Waals surface area contributed by atoms with Crippen LogP contribution in [0.5, 0.6) is 5.75 Å². The second kappa shape index (κ2) is 9.61. The molecular formula is C28H12N2O14S3. The molecule has 0 aliphatic carbocycles. The molecule has 0 atom stereocenters. The first-order valence-electron chi connectivity index (χ1n) is 12.8. The SMILES string of the molecule is O=c1c2ccccc2c(=O)c2c1ccc1nc3c(ccc4c(=O)c5c(OS(=O)(=O)O)c(S(=O)(=O)O)c(S(=O)(=O)O)cc5c(=O)c43)nc12. The number of rotatable bonds is 4. The molecule has 0 fully saturated rings. The van der Waals surface area contributed by atoms with Gasteiger partial charge in [0.1, 0.15) is 15.9 Å². The Kier molecular flexibility index (Phi) is 6.20. The highest BCUT2D eigenvalue weighted by Gasteiger charge is 2.35. The van der Waals surface area contributed by atoms with E-state index in [2.05, 4.69) is 14.2 Å². The van der Waals surface area contributed by atoms with Crippen LogP contribution in [0.25, 0.3) is 65.2 Å². The summed E-state index contributed by atoms with van der Waals surface area (Å²) in [4.78, 5) is 59.6. The molecule has 1 heterocycles.